The molecule has 1 heterocycles. The summed E-state index contributed by atoms with van der Waals surface area (Å²) in [6, 6.07) is 6.93. The molecule has 1 saturated heterocycles. The van der Waals surface area contributed by atoms with Gasteiger partial charge in [-0.25, -0.2) is 0 Å². The molecule has 21 heavy (non-hydrogen) atoms. The molecule has 1 aromatic carbocycles. The molecule has 0 bridgehead atoms. The molecule has 0 spiro atoms. The van der Waals surface area contributed by atoms with Crippen molar-refractivity contribution in [3.05, 3.63) is 29.3 Å². The second kappa shape index (κ2) is 6.35. The maximum Gasteiger partial charge on any atom is 0.308 e. The van der Waals surface area contributed by atoms with Crippen LogP contribution in [0.3, 0.4) is 0 Å². The fourth-order valence-corrected chi connectivity index (χ4v) is 2.69. The van der Waals surface area contributed by atoms with Crippen molar-refractivity contribution in [1.29, 1.82) is 0 Å². The van der Waals surface area contributed by atoms with Crippen LogP contribution in [-0.4, -0.2) is 41.1 Å². The zero-order valence-electron chi connectivity index (χ0n) is 12.0. The fourth-order valence-electron chi connectivity index (χ4n) is 2.51. The van der Waals surface area contributed by atoms with Gasteiger partial charge in [-0.2, -0.15) is 0 Å². The summed E-state index contributed by atoms with van der Waals surface area (Å²) < 4.78 is 5.58. The van der Waals surface area contributed by atoms with Gasteiger partial charge in [0.1, 0.15) is 5.75 Å². The number of likely N-dealkylation sites (tertiary alicyclic amines) is 1. The number of amides is 1. The molecule has 3 unspecified atom stereocenters. The molecule has 6 heteroatoms. The summed E-state index contributed by atoms with van der Waals surface area (Å²) in [5.74, 6) is -1.20. The first-order valence-corrected chi connectivity index (χ1v) is 7.20. The molecule has 1 fully saturated rings. The van der Waals surface area contributed by atoms with Crippen molar-refractivity contribution >= 4 is 23.5 Å². The second-order valence-electron chi connectivity index (χ2n) is 5.36. The molecule has 1 N–H and O–H groups in total. The van der Waals surface area contributed by atoms with Gasteiger partial charge in [0.15, 0.2) is 6.10 Å². The molecule has 1 aliphatic rings. The van der Waals surface area contributed by atoms with Gasteiger partial charge < -0.3 is 14.7 Å². The largest absolute Gasteiger partial charge is 0.481 e. The first kappa shape index (κ1) is 15.6. The Kier molecular flexibility index (Phi) is 4.73. The number of carbonyl (C=O) groups is 2. The van der Waals surface area contributed by atoms with Crippen LogP contribution >= 0.6 is 11.6 Å². The minimum Gasteiger partial charge on any atom is -0.481 e. The molecular weight excluding hydrogens is 294 g/mol. The Hall–Kier alpha value is -1.75. The van der Waals surface area contributed by atoms with E-state index < -0.39 is 18.0 Å². The molecule has 5 nitrogen and oxygen atoms in total. The Morgan fingerprint density at radius 3 is 2.62 bits per heavy atom. The number of carbonyl (C=O) groups excluding carboxylic acids is 1. The Bertz CT molecular complexity index is 548. The van der Waals surface area contributed by atoms with Crippen molar-refractivity contribution in [3.8, 4) is 5.75 Å². The number of nitrogens with zero attached hydrogens (tertiary/aromatic N) is 1. The highest BCUT2D eigenvalue weighted by atomic mass is 35.5. The molecule has 1 aromatic rings. The first-order valence-electron chi connectivity index (χ1n) is 6.83. The van der Waals surface area contributed by atoms with Crippen LogP contribution < -0.4 is 4.74 Å². The highest BCUT2D eigenvalue weighted by molar-refractivity contribution is 6.32. The van der Waals surface area contributed by atoms with Crippen LogP contribution in [0.15, 0.2) is 24.3 Å². The Morgan fingerprint density at radius 1 is 1.38 bits per heavy atom. The topological polar surface area (TPSA) is 66.8 Å². The monoisotopic (exact) mass is 311 g/mol. The molecule has 3 atom stereocenters. The lowest BCUT2D eigenvalue weighted by molar-refractivity contribution is -0.142. The van der Waals surface area contributed by atoms with Crippen LogP contribution in [-0.2, 0) is 9.59 Å². The predicted octanol–water partition coefficient (Wildman–Crippen LogP) is 2.29. The molecule has 114 valence electrons. The van der Waals surface area contributed by atoms with Crippen molar-refractivity contribution < 1.29 is 19.4 Å². The number of para-hydroxylation sites is 1. The molecule has 0 aromatic heterocycles. The van der Waals surface area contributed by atoms with Crippen LogP contribution in [0.25, 0.3) is 0 Å². The fraction of sp³-hybridized carbons (Fsp3) is 0.467. The lowest BCUT2D eigenvalue weighted by atomic mass is 9.99. The number of hydrogen-bond donors (Lipinski definition) is 1. The zero-order valence-corrected chi connectivity index (χ0v) is 12.7. The molecule has 1 aliphatic heterocycles. The van der Waals surface area contributed by atoms with Gasteiger partial charge in [0.25, 0.3) is 5.91 Å². The molecule has 0 saturated carbocycles. The summed E-state index contributed by atoms with van der Waals surface area (Å²) in [6.45, 7) is 4.15. The van der Waals surface area contributed by atoms with Crippen LogP contribution in [0.4, 0.5) is 0 Å². The SMILES string of the molecule is CC(Oc1ccccc1Cl)C(=O)N1CC(C)C(C(=O)O)C1. The number of carboxylic acids is 1. The highest BCUT2D eigenvalue weighted by Crippen LogP contribution is 2.27. The molecular formula is C15H18ClNO4. The van der Waals surface area contributed by atoms with E-state index in [1.807, 2.05) is 6.92 Å². The van der Waals surface area contributed by atoms with Gasteiger partial charge in [0, 0.05) is 13.1 Å². The average Bonchev–Trinajstić information content (AvgIpc) is 2.82. The summed E-state index contributed by atoms with van der Waals surface area (Å²) in [4.78, 5) is 25.0. The maximum atomic E-state index is 12.3. The van der Waals surface area contributed by atoms with E-state index in [2.05, 4.69) is 0 Å². The van der Waals surface area contributed by atoms with Crippen molar-refractivity contribution in [1.82, 2.24) is 4.90 Å². The molecule has 2 rings (SSSR count). The number of carboxylic acid groups (broad SMARTS) is 1. The number of aliphatic carboxylic acids is 1. The average molecular weight is 312 g/mol. The minimum absolute atomic E-state index is 0.0565. The summed E-state index contributed by atoms with van der Waals surface area (Å²) in [6.07, 6.45) is -0.704. The third-order valence-electron chi connectivity index (χ3n) is 3.73. The van der Waals surface area contributed by atoms with Crippen molar-refractivity contribution in [2.24, 2.45) is 11.8 Å². The third kappa shape index (κ3) is 3.47. The summed E-state index contributed by atoms with van der Waals surface area (Å²) in [7, 11) is 0. The Morgan fingerprint density at radius 2 is 2.05 bits per heavy atom. The number of halogens is 1. The van der Waals surface area contributed by atoms with Gasteiger partial charge in [-0.05, 0) is 25.0 Å². The lowest BCUT2D eigenvalue weighted by Gasteiger charge is -2.22. The van der Waals surface area contributed by atoms with E-state index in [9.17, 15) is 9.59 Å². The second-order valence-corrected chi connectivity index (χ2v) is 5.76. The van der Waals surface area contributed by atoms with Gasteiger partial charge in [-0.15, -0.1) is 0 Å². The standard InChI is InChI=1S/C15H18ClNO4/c1-9-7-17(8-11(9)15(19)20)14(18)10(2)21-13-6-4-3-5-12(13)16/h3-6,9-11H,7-8H2,1-2H3,(H,19,20). The van der Waals surface area contributed by atoms with Crippen molar-refractivity contribution in [2.75, 3.05) is 13.1 Å². The van der Waals surface area contributed by atoms with Crippen LogP contribution in [0.1, 0.15) is 13.8 Å². The van der Waals surface area contributed by atoms with E-state index in [4.69, 9.17) is 21.4 Å². The van der Waals surface area contributed by atoms with E-state index >= 15 is 0 Å². The number of ether oxygens (including phenoxy) is 1. The molecule has 0 aliphatic carbocycles. The minimum atomic E-state index is -0.863. The van der Waals surface area contributed by atoms with Crippen LogP contribution in [0.2, 0.25) is 5.02 Å². The number of rotatable bonds is 4. The van der Waals surface area contributed by atoms with Gasteiger partial charge in [-0.1, -0.05) is 30.7 Å². The summed E-state index contributed by atoms with van der Waals surface area (Å²) in [5.41, 5.74) is 0. The summed E-state index contributed by atoms with van der Waals surface area (Å²) in [5, 5.41) is 9.55. The van der Waals surface area contributed by atoms with E-state index in [0.29, 0.717) is 17.3 Å². The van der Waals surface area contributed by atoms with E-state index in [-0.39, 0.29) is 18.4 Å². The Labute approximate surface area is 128 Å². The third-order valence-corrected chi connectivity index (χ3v) is 4.04. The highest BCUT2D eigenvalue weighted by Gasteiger charge is 2.38. The number of benzene rings is 1. The van der Waals surface area contributed by atoms with Crippen LogP contribution in [0, 0.1) is 11.8 Å². The van der Waals surface area contributed by atoms with Crippen molar-refractivity contribution in [3.63, 3.8) is 0 Å². The first-order chi connectivity index (χ1) is 9.90. The smallest absolute Gasteiger partial charge is 0.308 e. The van der Waals surface area contributed by atoms with Gasteiger partial charge in [0.2, 0.25) is 0 Å². The van der Waals surface area contributed by atoms with Gasteiger partial charge in [-0.3, -0.25) is 9.59 Å². The van der Waals surface area contributed by atoms with Gasteiger partial charge in [0.05, 0.1) is 10.9 Å². The Balaban J connectivity index is 2.01. The molecule has 0 radical (unpaired) electrons. The van der Waals surface area contributed by atoms with Gasteiger partial charge >= 0.3 is 5.97 Å². The predicted molar refractivity (Wildman–Crippen MR) is 78.4 cm³/mol. The normalized spacial score (nSPS) is 22.9. The quantitative estimate of drug-likeness (QED) is 0.926. The molecule has 1 amide bonds. The van der Waals surface area contributed by atoms with E-state index in [1.165, 1.54) is 0 Å². The lowest BCUT2D eigenvalue weighted by Crippen LogP contribution is -2.39. The van der Waals surface area contributed by atoms with E-state index in [1.54, 1.807) is 36.1 Å². The summed E-state index contributed by atoms with van der Waals surface area (Å²) >= 11 is 5.99. The maximum absolute atomic E-state index is 12.3. The zero-order chi connectivity index (χ0) is 15.6. The van der Waals surface area contributed by atoms with Crippen molar-refractivity contribution in [2.45, 2.75) is 20.0 Å². The van der Waals surface area contributed by atoms with Crippen LogP contribution in [0.5, 0.6) is 5.75 Å². The number of hydrogen-bond acceptors (Lipinski definition) is 3. The van der Waals surface area contributed by atoms with E-state index in [0.717, 1.165) is 0 Å².